The average Bonchev–Trinajstić information content (AvgIpc) is 2.41. The number of halogens is 1. The van der Waals surface area contributed by atoms with Gasteiger partial charge in [0.1, 0.15) is 0 Å². The normalized spacial score (nSPS) is 23.2. The van der Waals surface area contributed by atoms with Gasteiger partial charge in [-0.3, -0.25) is 4.79 Å². The Balaban J connectivity index is 2.13. The largest absolute Gasteiger partial charge is 0.339 e. The molecule has 1 aromatic rings. The van der Waals surface area contributed by atoms with Gasteiger partial charge in [-0.05, 0) is 56.2 Å². The van der Waals surface area contributed by atoms with E-state index in [9.17, 15) is 4.79 Å². The van der Waals surface area contributed by atoms with Crippen LogP contribution in [0.3, 0.4) is 0 Å². The van der Waals surface area contributed by atoms with Crippen molar-refractivity contribution in [2.75, 3.05) is 7.05 Å². The molecule has 2 rings (SSSR count). The Kier molecular flexibility index (Phi) is 4.67. The van der Waals surface area contributed by atoms with E-state index in [2.05, 4.69) is 22.9 Å². The molecule has 2 nitrogen and oxygen atoms in total. The van der Waals surface area contributed by atoms with Crippen molar-refractivity contribution in [1.29, 1.82) is 0 Å². The molecule has 3 heteroatoms. The fraction of sp³-hybridized carbons (Fsp3) is 0.562. The highest BCUT2D eigenvalue weighted by Gasteiger charge is 2.26. The lowest BCUT2D eigenvalue weighted by Crippen LogP contribution is -2.39. The Morgan fingerprint density at radius 3 is 2.53 bits per heavy atom. The first kappa shape index (κ1) is 14.6. The first-order valence-corrected chi connectivity index (χ1v) is 7.82. The second-order valence-corrected chi connectivity index (χ2v) is 6.60. The zero-order valence-corrected chi connectivity index (χ0v) is 13.5. The number of hydrogen-bond donors (Lipinski definition) is 0. The van der Waals surface area contributed by atoms with Crippen LogP contribution < -0.4 is 0 Å². The van der Waals surface area contributed by atoms with Gasteiger partial charge in [-0.25, -0.2) is 0 Å². The highest BCUT2D eigenvalue weighted by Crippen LogP contribution is 2.28. The van der Waals surface area contributed by atoms with Crippen molar-refractivity contribution in [3.8, 4) is 0 Å². The highest BCUT2D eigenvalue weighted by atomic mass is 79.9. The van der Waals surface area contributed by atoms with Crippen LogP contribution in [-0.2, 0) is 0 Å². The molecular formula is C16H22BrNO. The van der Waals surface area contributed by atoms with Crippen molar-refractivity contribution in [2.45, 2.75) is 45.6 Å². The number of carbonyl (C=O) groups excluding carboxylic acids is 1. The fourth-order valence-corrected chi connectivity index (χ4v) is 3.19. The second-order valence-electron chi connectivity index (χ2n) is 5.74. The summed E-state index contributed by atoms with van der Waals surface area (Å²) in [5.74, 6) is 0.964. The van der Waals surface area contributed by atoms with E-state index in [-0.39, 0.29) is 5.91 Å². The molecule has 104 valence electrons. The molecule has 1 aliphatic rings. The molecule has 0 radical (unpaired) electrons. The van der Waals surface area contributed by atoms with E-state index in [1.807, 2.05) is 37.1 Å². The Hall–Kier alpha value is -0.830. The highest BCUT2D eigenvalue weighted by molar-refractivity contribution is 9.10. The molecule has 0 spiro atoms. The predicted octanol–water partition coefficient (Wildman–Crippen LogP) is 4.41. The molecule has 1 aromatic carbocycles. The summed E-state index contributed by atoms with van der Waals surface area (Å²) in [6.45, 7) is 4.30. The monoisotopic (exact) mass is 323 g/mol. The standard InChI is InChI=1S/C16H22BrNO/c1-11-7-9-13(10-8-11)18(3)16(19)14-5-4-6-15(17)12(14)2/h4-6,11,13H,7-10H2,1-3H3. The topological polar surface area (TPSA) is 20.3 Å². The minimum atomic E-state index is 0.151. The Morgan fingerprint density at radius 1 is 1.26 bits per heavy atom. The van der Waals surface area contributed by atoms with Gasteiger partial charge in [0.15, 0.2) is 0 Å². The minimum Gasteiger partial charge on any atom is -0.339 e. The molecule has 1 fully saturated rings. The molecule has 1 saturated carbocycles. The molecule has 0 heterocycles. The predicted molar refractivity (Wildman–Crippen MR) is 82.4 cm³/mol. The summed E-state index contributed by atoms with van der Waals surface area (Å²) < 4.78 is 1.00. The maximum absolute atomic E-state index is 12.6. The van der Waals surface area contributed by atoms with Gasteiger partial charge in [-0.1, -0.05) is 28.9 Å². The third-order valence-electron chi connectivity index (χ3n) is 4.35. The van der Waals surface area contributed by atoms with Crippen molar-refractivity contribution in [3.63, 3.8) is 0 Å². The first-order valence-electron chi connectivity index (χ1n) is 7.03. The quantitative estimate of drug-likeness (QED) is 0.789. The molecular weight excluding hydrogens is 302 g/mol. The van der Waals surface area contributed by atoms with Gasteiger partial charge >= 0.3 is 0 Å². The van der Waals surface area contributed by atoms with Gasteiger partial charge in [0.25, 0.3) is 5.91 Å². The van der Waals surface area contributed by atoms with E-state index in [0.29, 0.717) is 6.04 Å². The molecule has 0 aromatic heterocycles. The number of nitrogens with zero attached hydrogens (tertiary/aromatic N) is 1. The summed E-state index contributed by atoms with van der Waals surface area (Å²) in [6.07, 6.45) is 4.74. The summed E-state index contributed by atoms with van der Waals surface area (Å²) in [7, 11) is 1.95. The first-order chi connectivity index (χ1) is 9.00. The van der Waals surface area contributed by atoms with Crippen molar-refractivity contribution >= 4 is 21.8 Å². The zero-order chi connectivity index (χ0) is 14.0. The summed E-state index contributed by atoms with van der Waals surface area (Å²) >= 11 is 3.50. The summed E-state index contributed by atoms with van der Waals surface area (Å²) in [5, 5.41) is 0. The van der Waals surface area contributed by atoms with Crippen LogP contribution in [0, 0.1) is 12.8 Å². The van der Waals surface area contributed by atoms with Crippen LogP contribution in [0.2, 0.25) is 0 Å². The van der Waals surface area contributed by atoms with Gasteiger partial charge in [-0.2, -0.15) is 0 Å². The fourth-order valence-electron chi connectivity index (χ4n) is 2.82. The van der Waals surface area contributed by atoms with Gasteiger partial charge < -0.3 is 4.90 Å². The van der Waals surface area contributed by atoms with Crippen LogP contribution in [0.25, 0.3) is 0 Å². The number of hydrogen-bond acceptors (Lipinski definition) is 1. The van der Waals surface area contributed by atoms with Gasteiger partial charge in [0, 0.05) is 23.1 Å². The van der Waals surface area contributed by atoms with Crippen molar-refractivity contribution in [3.05, 3.63) is 33.8 Å². The SMILES string of the molecule is Cc1c(Br)cccc1C(=O)N(C)C1CCC(C)CC1. The van der Waals surface area contributed by atoms with E-state index >= 15 is 0 Å². The number of rotatable bonds is 2. The second kappa shape index (κ2) is 6.08. The van der Waals surface area contributed by atoms with Crippen LogP contribution in [0.1, 0.15) is 48.5 Å². The molecule has 19 heavy (non-hydrogen) atoms. The number of amides is 1. The van der Waals surface area contributed by atoms with Crippen LogP contribution in [0.15, 0.2) is 22.7 Å². The van der Waals surface area contributed by atoms with E-state index in [0.717, 1.165) is 34.4 Å². The summed E-state index contributed by atoms with van der Waals surface area (Å²) in [4.78, 5) is 14.5. The molecule has 1 amide bonds. The van der Waals surface area contributed by atoms with E-state index < -0.39 is 0 Å². The lowest BCUT2D eigenvalue weighted by molar-refractivity contribution is 0.0678. The van der Waals surface area contributed by atoms with E-state index in [1.165, 1.54) is 12.8 Å². The number of carbonyl (C=O) groups is 1. The molecule has 0 N–H and O–H groups in total. The zero-order valence-electron chi connectivity index (χ0n) is 11.9. The molecule has 0 atom stereocenters. The van der Waals surface area contributed by atoms with Crippen LogP contribution in [0.4, 0.5) is 0 Å². The van der Waals surface area contributed by atoms with Crippen LogP contribution in [-0.4, -0.2) is 23.9 Å². The Labute approximate surface area is 124 Å². The average molecular weight is 324 g/mol. The van der Waals surface area contributed by atoms with Gasteiger partial charge in [0.05, 0.1) is 0 Å². The van der Waals surface area contributed by atoms with Gasteiger partial charge in [-0.15, -0.1) is 0 Å². The molecule has 0 bridgehead atoms. The minimum absolute atomic E-state index is 0.151. The molecule has 0 unspecified atom stereocenters. The summed E-state index contributed by atoms with van der Waals surface area (Å²) in [6, 6.07) is 6.24. The third-order valence-corrected chi connectivity index (χ3v) is 5.21. The van der Waals surface area contributed by atoms with Gasteiger partial charge in [0.2, 0.25) is 0 Å². The van der Waals surface area contributed by atoms with Crippen molar-refractivity contribution in [2.24, 2.45) is 5.92 Å². The van der Waals surface area contributed by atoms with E-state index in [4.69, 9.17) is 0 Å². The summed E-state index contributed by atoms with van der Waals surface area (Å²) in [5.41, 5.74) is 1.85. The number of benzene rings is 1. The molecule has 0 saturated heterocycles. The van der Waals surface area contributed by atoms with Crippen molar-refractivity contribution in [1.82, 2.24) is 4.90 Å². The maximum atomic E-state index is 12.6. The van der Waals surface area contributed by atoms with E-state index in [1.54, 1.807) is 0 Å². The molecule has 0 aliphatic heterocycles. The Morgan fingerprint density at radius 2 is 1.89 bits per heavy atom. The lowest BCUT2D eigenvalue weighted by Gasteiger charge is -2.34. The smallest absolute Gasteiger partial charge is 0.254 e. The molecule has 1 aliphatic carbocycles. The van der Waals surface area contributed by atoms with Crippen LogP contribution in [0.5, 0.6) is 0 Å². The maximum Gasteiger partial charge on any atom is 0.254 e. The lowest BCUT2D eigenvalue weighted by atomic mass is 9.86. The third kappa shape index (κ3) is 3.19. The van der Waals surface area contributed by atoms with Crippen molar-refractivity contribution < 1.29 is 4.79 Å². The Bertz CT molecular complexity index is 464. The van der Waals surface area contributed by atoms with Crippen LogP contribution >= 0.6 is 15.9 Å².